The molecule has 1 aromatic heterocycles. The van der Waals surface area contributed by atoms with Gasteiger partial charge in [-0.25, -0.2) is 13.2 Å². The van der Waals surface area contributed by atoms with Crippen LogP contribution >= 0.6 is 11.3 Å². The third kappa shape index (κ3) is 4.05. The van der Waals surface area contributed by atoms with Gasteiger partial charge in [0.25, 0.3) is 0 Å². The number of ether oxygens (including phenoxy) is 2. The van der Waals surface area contributed by atoms with Crippen molar-refractivity contribution in [2.24, 2.45) is 0 Å². The molecule has 0 saturated carbocycles. The van der Waals surface area contributed by atoms with Crippen LogP contribution in [-0.2, 0) is 10.0 Å². The normalized spacial score (nSPS) is 11.5. The number of sulfonamides is 1. The summed E-state index contributed by atoms with van der Waals surface area (Å²) in [5.74, 6) is 0.0236. The van der Waals surface area contributed by atoms with Crippen LogP contribution in [-0.4, -0.2) is 51.1 Å². The molecule has 9 heteroatoms. The fourth-order valence-corrected chi connectivity index (χ4v) is 4.29. The van der Waals surface area contributed by atoms with Crippen molar-refractivity contribution in [2.45, 2.75) is 4.90 Å². The zero-order valence-corrected chi connectivity index (χ0v) is 14.8. The average Bonchev–Trinajstić information content (AvgIpc) is 3.06. The van der Waals surface area contributed by atoms with Gasteiger partial charge < -0.3 is 14.6 Å². The third-order valence-electron chi connectivity index (χ3n) is 3.25. The lowest BCUT2D eigenvalue weighted by Crippen LogP contribution is -2.31. The summed E-state index contributed by atoms with van der Waals surface area (Å²) < 4.78 is 36.5. The molecule has 24 heavy (non-hydrogen) atoms. The number of carbonyl (C=O) groups is 1. The number of rotatable bonds is 8. The maximum absolute atomic E-state index is 12.4. The van der Waals surface area contributed by atoms with Crippen LogP contribution in [0.3, 0.4) is 0 Å². The minimum atomic E-state index is -3.87. The van der Waals surface area contributed by atoms with Crippen molar-refractivity contribution in [3.8, 4) is 11.5 Å². The highest BCUT2D eigenvalue weighted by Crippen LogP contribution is 2.24. The van der Waals surface area contributed by atoms with Gasteiger partial charge in [0, 0.05) is 13.6 Å². The number of nitrogens with zero attached hydrogens (tertiary/aromatic N) is 1. The Morgan fingerprint density at radius 2 is 1.83 bits per heavy atom. The van der Waals surface area contributed by atoms with E-state index in [2.05, 4.69) is 0 Å². The molecule has 1 N–H and O–H groups in total. The number of hydrogen-bond donors (Lipinski definition) is 1. The number of hydrogen-bond acceptors (Lipinski definition) is 6. The van der Waals surface area contributed by atoms with Gasteiger partial charge in [-0.05, 0) is 35.7 Å². The molecule has 0 atom stereocenters. The molecule has 0 amide bonds. The van der Waals surface area contributed by atoms with Crippen LogP contribution in [0, 0.1) is 0 Å². The maximum Gasteiger partial charge on any atom is 0.347 e. The van der Waals surface area contributed by atoms with E-state index in [-0.39, 0.29) is 22.9 Å². The maximum atomic E-state index is 12.4. The van der Waals surface area contributed by atoms with Gasteiger partial charge in [-0.15, -0.1) is 11.3 Å². The Bertz CT molecular complexity index is 798. The summed E-state index contributed by atoms with van der Waals surface area (Å²) in [6, 6.07) is 8.20. The van der Waals surface area contributed by atoms with Crippen molar-refractivity contribution < 1.29 is 27.8 Å². The van der Waals surface area contributed by atoms with Crippen LogP contribution in [0.2, 0.25) is 0 Å². The summed E-state index contributed by atoms with van der Waals surface area (Å²) in [6.07, 6.45) is 0. The molecule has 0 aliphatic heterocycles. The molecule has 2 rings (SSSR count). The summed E-state index contributed by atoms with van der Waals surface area (Å²) in [6.45, 7) is 0.220. The minimum Gasteiger partial charge on any atom is -0.497 e. The number of methoxy groups -OCH3 is 1. The van der Waals surface area contributed by atoms with Crippen molar-refractivity contribution in [3.63, 3.8) is 0 Å². The zero-order valence-electron chi connectivity index (χ0n) is 13.1. The van der Waals surface area contributed by atoms with Crippen molar-refractivity contribution >= 4 is 27.3 Å². The first kappa shape index (κ1) is 18.2. The number of thiophene rings is 1. The SMILES string of the molecule is COc1ccc(OCCN(C)S(=O)(=O)c2ccsc2C(=O)O)cc1. The first-order valence-corrected chi connectivity index (χ1v) is 9.22. The molecule has 130 valence electrons. The van der Waals surface area contributed by atoms with Crippen LogP contribution in [0.15, 0.2) is 40.6 Å². The first-order valence-electron chi connectivity index (χ1n) is 6.90. The molecule has 0 unspecified atom stereocenters. The summed E-state index contributed by atoms with van der Waals surface area (Å²) >= 11 is 0.878. The van der Waals surface area contributed by atoms with Crippen LogP contribution in [0.5, 0.6) is 11.5 Å². The summed E-state index contributed by atoms with van der Waals surface area (Å²) in [7, 11) is -0.928. The molecular formula is C15H17NO6S2. The van der Waals surface area contributed by atoms with Crippen molar-refractivity contribution in [1.29, 1.82) is 0 Å². The molecule has 0 radical (unpaired) electrons. The lowest BCUT2D eigenvalue weighted by Gasteiger charge is -2.17. The number of carboxylic acid groups (broad SMARTS) is 1. The fraction of sp³-hybridized carbons (Fsp3) is 0.267. The number of carboxylic acids is 1. The van der Waals surface area contributed by atoms with Crippen molar-refractivity contribution in [3.05, 3.63) is 40.6 Å². The lowest BCUT2D eigenvalue weighted by atomic mass is 10.3. The molecule has 1 aromatic carbocycles. The molecule has 0 bridgehead atoms. The molecule has 0 fully saturated rings. The average molecular weight is 371 g/mol. The first-order chi connectivity index (χ1) is 11.4. The Kier molecular flexibility index (Phi) is 5.81. The van der Waals surface area contributed by atoms with Gasteiger partial charge >= 0.3 is 5.97 Å². The van der Waals surface area contributed by atoms with Gasteiger partial charge in [0.2, 0.25) is 10.0 Å². The molecular weight excluding hydrogens is 354 g/mol. The molecule has 2 aromatic rings. The van der Waals surface area contributed by atoms with Crippen LogP contribution in [0.25, 0.3) is 0 Å². The van der Waals surface area contributed by atoms with E-state index >= 15 is 0 Å². The van der Waals surface area contributed by atoms with Crippen LogP contribution in [0.1, 0.15) is 9.67 Å². The lowest BCUT2D eigenvalue weighted by molar-refractivity contribution is 0.0698. The van der Waals surface area contributed by atoms with Gasteiger partial charge in [0.15, 0.2) is 0 Å². The van der Waals surface area contributed by atoms with Gasteiger partial charge in [-0.2, -0.15) is 4.31 Å². The smallest absolute Gasteiger partial charge is 0.347 e. The Morgan fingerprint density at radius 1 is 1.21 bits per heavy atom. The van der Waals surface area contributed by atoms with E-state index in [1.54, 1.807) is 31.4 Å². The van der Waals surface area contributed by atoms with Gasteiger partial charge in [0.05, 0.1) is 7.11 Å². The second-order valence-corrected chi connectivity index (χ2v) is 7.70. The molecule has 7 nitrogen and oxygen atoms in total. The topological polar surface area (TPSA) is 93.1 Å². The predicted molar refractivity (Wildman–Crippen MR) is 89.6 cm³/mol. The number of aromatic carboxylic acids is 1. The second kappa shape index (κ2) is 7.65. The fourth-order valence-electron chi connectivity index (χ4n) is 1.91. The standard InChI is InChI=1S/C15H17NO6S2/c1-16(8-9-22-12-5-3-11(21-2)4-6-12)24(19,20)13-7-10-23-14(13)15(17)18/h3-7,10H,8-9H2,1-2H3,(H,17,18). The Balaban J connectivity index is 1.99. The Labute approximate surface area is 144 Å². The molecule has 0 saturated heterocycles. The van der Waals surface area contributed by atoms with E-state index in [0.717, 1.165) is 15.6 Å². The monoisotopic (exact) mass is 371 g/mol. The van der Waals surface area contributed by atoms with Gasteiger partial charge in [-0.3, -0.25) is 0 Å². The van der Waals surface area contributed by atoms with Gasteiger partial charge in [-0.1, -0.05) is 0 Å². The second-order valence-electron chi connectivity index (χ2n) is 4.77. The zero-order chi connectivity index (χ0) is 17.7. The van der Waals surface area contributed by atoms with Crippen molar-refractivity contribution in [2.75, 3.05) is 27.3 Å². The molecule has 1 heterocycles. The van der Waals surface area contributed by atoms with E-state index in [1.165, 1.54) is 18.5 Å². The van der Waals surface area contributed by atoms with E-state index in [0.29, 0.717) is 11.5 Å². The van der Waals surface area contributed by atoms with Crippen molar-refractivity contribution in [1.82, 2.24) is 4.31 Å². The number of likely N-dealkylation sites (N-methyl/N-ethyl adjacent to an activating group) is 1. The highest BCUT2D eigenvalue weighted by atomic mass is 32.2. The number of benzene rings is 1. The highest BCUT2D eigenvalue weighted by molar-refractivity contribution is 7.89. The molecule has 0 aliphatic rings. The third-order valence-corrected chi connectivity index (χ3v) is 6.18. The van der Waals surface area contributed by atoms with E-state index in [1.807, 2.05) is 0 Å². The van der Waals surface area contributed by atoms with Gasteiger partial charge in [0.1, 0.15) is 27.9 Å². The highest BCUT2D eigenvalue weighted by Gasteiger charge is 2.27. The minimum absolute atomic E-state index is 0.0866. The quantitative estimate of drug-likeness (QED) is 0.764. The van der Waals surface area contributed by atoms with E-state index < -0.39 is 16.0 Å². The molecule has 0 aliphatic carbocycles. The molecule has 0 spiro atoms. The largest absolute Gasteiger partial charge is 0.497 e. The Morgan fingerprint density at radius 3 is 2.42 bits per heavy atom. The summed E-state index contributed by atoms with van der Waals surface area (Å²) in [5.41, 5.74) is 0. The Hall–Kier alpha value is -2.10. The van der Waals surface area contributed by atoms with E-state index in [9.17, 15) is 13.2 Å². The predicted octanol–water partition coefficient (Wildman–Crippen LogP) is 2.15. The summed E-state index contributed by atoms with van der Waals surface area (Å²) in [4.78, 5) is 10.7. The van der Waals surface area contributed by atoms with Crippen LogP contribution in [0.4, 0.5) is 0 Å². The summed E-state index contributed by atoms with van der Waals surface area (Å²) in [5, 5.41) is 10.5. The van der Waals surface area contributed by atoms with E-state index in [4.69, 9.17) is 14.6 Å². The van der Waals surface area contributed by atoms with Crippen LogP contribution < -0.4 is 9.47 Å².